The molecule has 1 amide bonds. The maximum atomic E-state index is 14.3. The molecule has 1 aliphatic carbocycles. The fourth-order valence-corrected chi connectivity index (χ4v) is 7.44. The second-order valence-corrected chi connectivity index (χ2v) is 14.1. The number of hydrogen-bond donors (Lipinski definition) is 2. The lowest BCUT2D eigenvalue weighted by molar-refractivity contribution is 0.0313. The summed E-state index contributed by atoms with van der Waals surface area (Å²) in [6.07, 6.45) is 3.87. The third-order valence-electron chi connectivity index (χ3n) is 8.69. The fourth-order valence-electron chi connectivity index (χ4n) is 6.45. The largest absolute Gasteiger partial charge is 0.475 e. The average Bonchev–Trinajstić information content (AvgIpc) is 2.97. The number of hydrogen-bond acceptors (Lipinski definition) is 7. The van der Waals surface area contributed by atoms with Crippen molar-refractivity contribution in [3.8, 4) is 17.1 Å². The molecule has 2 aliphatic rings. The van der Waals surface area contributed by atoms with Gasteiger partial charge in [0, 0.05) is 29.3 Å². The van der Waals surface area contributed by atoms with Crippen LogP contribution in [0.15, 0.2) is 47.4 Å². The first-order valence-electron chi connectivity index (χ1n) is 15.1. The highest BCUT2D eigenvalue weighted by Gasteiger charge is 2.36. The third kappa shape index (κ3) is 6.55. The van der Waals surface area contributed by atoms with E-state index < -0.39 is 10.0 Å². The number of fused-ring (bicyclic) bond motifs is 4. The summed E-state index contributed by atoms with van der Waals surface area (Å²) in [6.45, 7) is 10.5. The van der Waals surface area contributed by atoms with Crippen molar-refractivity contribution in [3.05, 3.63) is 64.7 Å². The van der Waals surface area contributed by atoms with Gasteiger partial charge in [0.1, 0.15) is 6.61 Å². The molecule has 3 aromatic rings. The number of ether oxygens (including phenoxy) is 1. The molecule has 0 unspecified atom stereocenters. The highest BCUT2D eigenvalue weighted by molar-refractivity contribution is 7.92. The molecular formula is C33H42N4O5S. The number of carbonyl (C=O) groups is 1. The van der Waals surface area contributed by atoms with Gasteiger partial charge in [-0.25, -0.2) is 18.1 Å². The van der Waals surface area contributed by atoms with Crippen LogP contribution in [0, 0.1) is 32.6 Å². The quantitative estimate of drug-likeness (QED) is 0.384. The van der Waals surface area contributed by atoms with Crippen LogP contribution in [0.25, 0.3) is 11.3 Å². The first kappa shape index (κ1) is 30.9. The van der Waals surface area contributed by atoms with E-state index in [1.54, 1.807) is 12.1 Å². The third-order valence-corrected chi connectivity index (χ3v) is 10.0. The van der Waals surface area contributed by atoms with Gasteiger partial charge in [-0.2, -0.15) is 4.98 Å². The minimum Gasteiger partial charge on any atom is -0.475 e. The number of carbonyl (C=O) groups excluding carboxylic acids is 1. The molecule has 2 aromatic carbocycles. The van der Waals surface area contributed by atoms with Crippen LogP contribution in [0.2, 0.25) is 0 Å². The number of aliphatic hydroxyl groups excluding tert-OH is 1. The summed E-state index contributed by atoms with van der Waals surface area (Å²) in [7, 11) is -4.13. The molecule has 1 fully saturated rings. The molecule has 1 aromatic heterocycles. The summed E-state index contributed by atoms with van der Waals surface area (Å²) in [5.41, 5.74) is 4.49. The molecule has 1 aliphatic heterocycles. The maximum absolute atomic E-state index is 14.3. The van der Waals surface area contributed by atoms with E-state index in [9.17, 15) is 18.3 Å². The molecule has 1 atom stereocenters. The molecule has 0 spiro atoms. The zero-order valence-corrected chi connectivity index (χ0v) is 26.4. The second kappa shape index (κ2) is 12.6. The number of aromatic nitrogens is 2. The second-order valence-electron chi connectivity index (χ2n) is 12.4. The first-order valence-corrected chi connectivity index (χ1v) is 16.6. The van der Waals surface area contributed by atoms with E-state index in [1.165, 1.54) is 12.1 Å². The smallest absolute Gasteiger partial charge is 0.264 e. The van der Waals surface area contributed by atoms with Crippen LogP contribution in [0.3, 0.4) is 0 Å². The van der Waals surface area contributed by atoms with E-state index in [2.05, 4.69) is 28.5 Å². The van der Waals surface area contributed by atoms with Gasteiger partial charge < -0.3 is 14.7 Å². The van der Waals surface area contributed by atoms with Crippen LogP contribution in [0.1, 0.15) is 73.0 Å². The van der Waals surface area contributed by atoms with E-state index in [0.29, 0.717) is 23.2 Å². The summed E-state index contributed by atoms with van der Waals surface area (Å²) in [5.74, 6) is 0.472. The Kier molecular flexibility index (Phi) is 9.08. The van der Waals surface area contributed by atoms with E-state index in [4.69, 9.17) is 4.74 Å². The van der Waals surface area contributed by atoms with Gasteiger partial charge in [-0.3, -0.25) is 4.79 Å². The lowest BCUT2D eigenvalue weighted by atomic mass is 9.84. The Labute approximate surface area is 254 Å². The van der Waals surface area contributed by atoms with Gasteiger partial charge in [0.25, 0.3) is 15.9 Å². The molecule has 43 heavy (non-hydrogen) atoms. The molecule has 2 heterocycles. The number of nitrogens with one attached hydrogen (secondary N) is 1. The number of aliphatic hydroxyl groups is 1. The number of aryl methyl sites for hydroxylation is 2. The molecule has 2 N–H and O–H groups in total. The van der Waals surface area contributed by atoms with Crippen LogP contribution in [0.5, 0.6) is 5.88 Å². The van der Waals surface area contributed by atoms with Crippen molar-refractivity contribution >= 4 is 21.9 Å². The summed E-state index contributed by atoms with van der Waals surface area (Å²) in [6, 6.07) is 11.8. The van der Waals surface area contributed by atoms with Gasteiger partial charge in [0.15, 0.2) is 0 Å². The summed E-state index contributed by atoms with van der Waals surface area (Å²) >= 11 is 0. The van der Waals surface area contributed by atoms with Gasteiger partial charge in [0.2, 0.25) is 11.8 Å². The van der Waals surface area contributed by atoms with E-state index >= 15 is 0 Å². The van der Waals surface area contributed by atoms with Gasteiger partial charge in [-0.1, -0.05) is 38.1 Å². The van der Waals surface area contributed by atoms with E-state index in [1.807, 2.05) is 43.9 Å². The molecule has 0 radical (unpaired) electrons. The summed E-state index contributed by atoms with van der Waals surface area (Å²) in [4.78, 5) is 25.4. The normalized spacial score (nSPS) is 22.2. The number of sulfonamides is 1. The van der Waals surface area contributed by atoms with Crippen LogP contribution in [0.4, 0.5) is 5.95 Å². The molecule has 4 bridgehead atoms. The van der Waals surface area contributed by atoms with Gasteiger partial charge in [-0.15, -0.1) is 0 Å². The Bertz CT molecular complexity index is 1580. The van der Waals surface area contributed by atoms with Crippen molar-refractivity contribution in [2.24, 2.45) is 11.8 Å². The molecule has 9 nitrogen and oxygen atoms in total. The molecule has 230 valence electrons. The monoisotopic (exact) mass is 606 g/mol. The Balaban J connectivity index is 1.68. The fraction of sp³-hybridized carbons (Fsp3) is 0.485. The van der Waals surface area contributed by atoms with Crippen molar-refractivity contribution < 1.29 is 23.1 Å². The Morgan fingerprint density at radius 2 is 1.70 bits per heavy atom. The van der Waals surface area contributed by atoms with Crippen LogP contribution in [-0.2, 0) is 10.0 Å². The Hall–Kier alpha value is -3.50. The van der Waals surface area contributed by atoms with Gasteiger partial charge in [0.05, 0.1) is 16.6 Å². The Morgan fingerprint density at radius 3 is 2.35 bits per heavy atom. The van der Waals surface area contributed by atoms with Crippen molar-refractivity contribution in [2.75, 3.05) is 17.9 Å². The minimum atomic E-state index is -4.13. The topological polar surface area (TPSA) is 122 Å². The number of benzene rings is 2. The first-order chi connectivity index (χ1) is 20.5. The lowest BCUT2D eigenvalue weighted by Gasteiger charge is -2.42. The predicted molar refractivity (Wildman–Crippen MR) is 167 cm³/mol. The van der Waals surface area contributed by atoms with Crippen LogP contribution in [-0.4, -0.2) is 59.6 Å². The lowest BCUT2D eigenvalue weighted by Crippen LogP contribution is -2.51. The van der Waals surface area contributed by atoms with E-state index in [-0.39, 0.29) is 59.8 Å². The highest BCUT2D eigenvalue weighted by Crippen LogP contribution is 2.35. The molecule has 10 heteroatoms. The molecular weight excluding hydrogens is 564 g/mol. The standard InChI is InChI=1S/C33H42N4O5S/c1-20(2)16-27-19-42-31-23(5)30(29-21(3)8-6-9-22(29)4)34-33(35-31)36-43(40,41)28-11-7-10-25(17-28)32(39)37(27)26-14-12-24(18-38)13-15-26/h6-11,17,20,24,26-27,38H,12-16,18-19H2,1-5H3,(H,34,35,36)/t24-,26-,27-/m1/s1. The zero-order chi connectivity index (χ0) is 30.9. The van der Waals surface area contributed by atoms with Crippen LogP contribution >= 0.6 is 0 Å². The molecule has 5 rings (SSSR count). The zero-order valence-electron chi connectivity index (χ0n) is 25.6. The van der Waals surface area contributed by atoms with Crippen LogP contribution < -0.4 is 9.46 Å². The number of amides is 1. The van der Waals surface area contributed by atoms with E-state index in [0.717, 1.165) is 42.4 Å². The average molecular weight is 607 g/mol. The number of nitrogens with zero attached hydrogens (tertiary/aromatic N) is 3. The number of rotatable bonds is 5. The van der Waals surface area contributed by atoms with Crippen molar-refractivity contribution in [1.29, 1.82) is 0 Å². The maximum Gasteiger partial charge on any atom is 0.264 e. The Morgan fingerprint density at radius 1 is 1.02 bits per heavy atom. The number of anilines is 1. The van der Waals surface area contributed by atoms with Crippen molar-refractivity contribution in [3.63, 3.8) is 0 Å². The molecule has 0 saturated heterocycles. The van der Waals surface area contributed by atoms with Gasteiger partial charge >= 0.3 is 0 Å². The minimum absolute atomic E-state index is 0.0396. The molecule has 1 saturated carbocycles. The summed E-state index contributed by atoms with van der Waals surface area (Å²) < 4.78 is 36.3. The van der Waals surface area contributed by atoms with Crippen molar-refractivity contribution in [1.82, 2.24) is 14.9 Å². The predicted octanol–water partition coefficient (Wildman–Crippen LogP) is 5.67. The summed E-state index contributed by atoms with van der Waals surface area (Å²) in [5, 5.41) is 9.74. The van der Waals surface area contributed by atoms with Crippen molar-refractivity contribution in [2.45, 2.75) is 83.7 Å². The van der Waals surface area contributed by atoms with Gasteiger partial charge in [-0.05, 0) is 94.0 Å². The highest BCUT2D eigenvalue weighted by atomic mass is 32.2. The SMILES string of the molecule is Cc1cccc(C)c1-c1nc2nc(c1C)OC[C@@H](CC(C)C)N([C@H]1CC[C@H](CO)CC1)C(=O)c1cccc(c1)S(=O)(=O)N2.